The molecule has 21 heavy (non-hydrogen) atoms. The standard InChI is InChI=1S/C15H20N2O2S2/c1-10-5-6-13(16)15(12(10)3)21(18,19)17(4)9-14-11(2)7-8-20-14/h5-8H,9,16H2,1-4H3. The third-order valence-corrected chi connectivity index (χ3v) is 6.73. The van der Waals surface area contributed by atoms with Gasteiger partial charge in [-0.15, -0.1) is 11.3 Å². The van der Waals surface area contributed by atoms with Crippen molar-refractivity contribution < 1.29 is 8.42 Å². The van der Waals surface area contributed by atoms with E-state index in [-0.39, 0.29) is 4.90 Å². The number of thiophene rings is 1. The first-order chi connectivity index (χ1) is 9.75. The minimum Gasteiger partial charge on any atom is -0.398 e. The van der Waals surface area contributed by atoms with E-state index in [4.69, 9.17) is 5.73 Å². The second-order valence-corrected chi connectivity index (χ2v) is 8.20. The van der Waals surface area contributed by atoms with Gasteiger partial charge in [0.2, 0.25) is 10.0 Å². The highest BCUT2D eigenvalue weighted by Crippen LogP contribution is 2.29. The Bertz CT molecular complexity index is 764. The summed E-state index contributed by atoms with van der Waals surface area (Å²) in [4.78, 5) is 1.27. The van der Waals surface area contributed by atoms with E-state index < -0.39 is 10.0 Å². The summed E-state index contributed by atoms with van der Waals surface area (Å²) in [7, 11) is -2.01. The van der Waals surface area contributed by atoms with E-state index >= 15 is 0 Å². The van der Waals surface area contributed by atoms with Crippen LogP contribution >= 0.6 is 11.3 Å². The first-order valence-electron chi connectivity index (χ1n) is 6.60. The van der Waals surface area contributed by atoms with Crippen molar-refractivity contribution in [2.75, 3.05) is 12.8 Å². The molecule has 0 spiro atoms. The van der Waals surface area contributed by atoms with Crippen LogP contribution in [0, 0.1) is 20.8 Å². The van der Waals surface area contributed by atoms with Crippen molar-refractivity contribution in [3.05, 3.63) is 45.1 Å². The summed E-state index contributed by atoms with van der Waals surface area (Å²) in [6, 6.07) is 5.49. The zero-order valence-electron chi connectivity index (χ0n) is 12.7. The van der Waals surface area contributed by atoms with Crippen molar-refractivity contribution in [1.29, 1.82) is 0 Å². The molecule has 0 saturated heterocycles. The van der Waals surface area contributed by atoms with E-state index in [1.165, 1.54) is 4.31 Å². The van der Waals surface area contributed by atoms with Gasteiger partial charge in [0.1, 0.15) is 4.90 Å². The van der Waals surface area contributed by atoms with Gasteiger partial charge in [0.25, 0.3) is 0 Å². The molecule has 114 valence electrons. The Morgan fingerprint density at radius 3 is 2.38 bits per heavy atom. The molecule has 0 aliphatic carbocycles. The number of benzene rings is 1. The Morgan fingerprint density at radius 1 is 1.14 bits per heavy atom. The lowest BCUT2D eigenvalue weighted by molar-refractivity contribution is 0.469. The molecule has 0 aliphatic rings. The van der Waals surface area contributed by atoms with Crippen molar-refractivity contribution in [3.8, 4) is 0 Å². The van der Waals surface area contributed by atoms with E-state index in [1.54, 1.807) is 31.4 Å². The van der Waals surface area contributed by atoms with Crippen molar-refractivity contribution in [1.82, 2.24) is 4.31 Å². The summed E-state index contributed by atoms with van der Waals surface area (Å²) in [5, 5.41) is 1.97. The number of nitrogens with two attached hydrogens (primary N) is 1. The molecule has 1 aromatic heterocycles. The molecule has 4 nitrogen and oxygen atoms in total. The third kappa shape index (κ3) is 2.97. The number of hydrogen-bond donors (Lipinski definition) is 1. The quantitative estimate of drug-likeness (QED) is 0.879. The van der Waals surface area contributed by atoms with Gasteiger partial charge < -0.3 is 5.73 Å². The van der Waals surface area contributed by atoms with Gasteiger partial charge >= 0.3 is 0 Å². The lowest BCUT2D eigenvalue weighted by Gasteiger charge is -2.20. The molecule has 0 bridgehead atoms. The molecule has 0 radical (unpaired) electrons. The van der Waals surface area contributed by atoms with E-state index in [1.807, 2.05) is 31.4 Å². The van der Waals surface area contributed by atoms with Gasteiger partial charge in [-0.2, -0.15) is 4.31 Å². The SMILES string of the molecule is Cc1ccsc1CN(C)S(=O)(=O)c1c(N)ccc(C)c1C. The molecule has 1 heterocycles. The van der Waals surface area contributed by atoms with E-state index in [0.29, 0.717) is 17.8 Å². The number of aryl methyl sites for hydroxylation is 2. The van der Waals surface area contributed by atoms with Crippen LogP contribution in [0.2, 0.25) is 0 Å². The second kappa shape index (κ2) is 5.79. The van der Waals surface area contributed by atoms with Gasteiger partial charge in [0.05, 0.1) is 5.69 Å². The van der Waals surface area contributed by atoms with Gasteiger partial charge in [0.15, 0.2) is 0 Å². The number of nitrogen functional groups attached to an aromatic ring is 1. The summed E-state index contributed by atoms with van der Waals surface area (Å²) in [5.41, 5.74) is 8.95. The lowest BCUT2D eigenvalue weighted by Crippen LogP contribution is -2.28. The number of rotatable bonds is 4. The van der Waals surface area contributed by atoms with Crippen LogP contribution in [0.15, 0.2) is 28.5 Å². The van der Waals surface area contributed by atoms with Crippen molar-refractivity contribution in [2.45, 2.75) is 32.2 Å². The van der Waals surface area contributed by atoms with Gasteiger partial charge in [-0.1, -0.05) is 6.07 Å². The Kier molecular flexibility index (Phi) is 4.41. The molecule has 0 atom stereocenters. The van der Waals surface area contributed by atoms with Crippen LogP contribution in [0.4, 0.5) is 5.69 Å². The molecule has 0 aliphatic heterocycles. The number of sulfonamides is 1. The predicted octanol–water partition coefficient (Wildman–Crippen LogP) is 3.08. The fourth-order valence-electron chi connectivity index (χ4n) is 2.16. The van der Waals surface area contributed by atoms with Crippen molar-refractivity contribution in [2.24, 2.45) is 0 Å². The van der Waals surface area contributed by atoms with E-state index in [9.17, 15) is 8.42 Å². The van der Waals surface area contributed by atoms with Crippen LogP contribution in [-0.4, -0.2) is 19.8 Å². The largest absolute Gasteiger partial charge is 0.398 e. The Morgan fingerprint density at radius 2 is 1.81 bits per heavy atom. The van der Waals surface area contributed by atoms with Gasteiger partial charge in [-0.05, 0) is 55.0 Å². The maximum atomic E-state index is 12.8. The maximum absolute atomic E-state index is 12.8. The summed E-state index contributed by atoms with van der Waals surface area (Å²) in [5.74, 6) is 0. The molecule has 2 rings (SSSR count). The minimum absolute atomic E-state index is 0.221. The summed E-state index contributed by atoms with van der Waals surface area (Å²) in [6.45, 7) is 6.03. The normalized spacial score (nSPS) is 12.0. The molecule has 2 aromatic rings. The van der Waals surface area contributed by atoms with Gasteiger partial charge in [0, 0.05) is 18.5 Å². The maximum Gasteiger partial charge on any atom is 0.245 e. The molecule has 0 unspecified atom stereocenters. The zero-order chi connectivity index (χ0) is 15.8. The highest BCUT2D eigenvalue weighted by Gasteiger charge is 2.26. The van der Waals surface area contributed by atoms with Crippen LogP contribution < -0.4 is 5.73 Å². The molecule has 0 saturated carbocycles. The molecule has 0 fully saturated rings. The van der Waals surface area contributed by atoms with Crippen LogP contribution in [-0.2, 0) is 16.6 Å². The van der Waals surface area contributed by atoms with Crippen LogP contribution in [0.5, 0.6) is 0 Å². The number of nitrogens with zero attached hydrogens (tertiary/aromatic N) is 1. The molecule has 6 heteroatoms. The lowest BCUT2D eigenvalue weighted by atomic mass is 10.1. The fraction of sp³-hybridized carbons (Fsp3) is 0.333. The van der Waals surface area contributed by atoms with E-state index in [2.05, 4.69) is 0 Å². The third-order valence-electron chi connectivity index (χ3n) is 3.71. The average Bonchev–Trinajstić information content (AvgIpc) is 2.80. The van der Waals surface area contributed by atoms with Crippen LogP contribution in [0.3, 0.4) is 0 Å². The van der Waals surface area contributed by atoms with Gasteiger partial charge in [-0.3, -0.25) is 0 Å². The summed E-state index contributed by atoms with van der Waals surface area (Å²) < 4.78 is 27.0. The second-order valence-electron chi connectivity index (χ2n) is 5.21. The van der Waals surface area contributed by atoms with Gasteiger partial charge in [-0.25, -0.2) is 8.42 Å². The first-order valence-corrected chi connectivity index (χ1v) is 8.92. The topological polar surface area (TPSA) is 63.4 Å². The highest BCUT2D eigenvalue weighted by atomic mass is 32.2. The molecular formula is C15H20N2O2S2. The summed E-state index contributed by atoms with van der Waals surface area (Å²) >= 11 is 1.56. The first kappa shape index (κ1) is 16.0. The predicted molar refractivity (Wildman–Crippen MR) is 88.0 cm³/mol. The van der Waals surface area contributed by atoms with Crippen molar-refractivity contribution >= 4 is 27.0 Å². The van der Waals surface area contributed by atoms with Crippen molar-refractivity contribution in [3.63, 3.8) is 0 Å². The minimum atomic E-state index is -3.60. The highest BCUT2D eigenvalue weighted by molar-refractivity contribution is 7.89. The van der Waals surface area contributed by atoms with E-state index in [0.717, 1.165) is 16.0 Å². The smallest absolute Gasteiger partial charge is 0.245 e. The number of hydrogen-bond acceptors (Lipinski definition) is 4. The Hall–Kier alpha value is -1.37. The number of anilines is 1. The fourth-order valence-corrected chi connectivity index (χ4v) is 4.73. The van der Waals surface area contributed by atoms with Crippen LogP contribution in [0.1, 0.15) is 21.6 Å². The Balaban J connectivity index is 2.43. The molecule has 0 amide bonds. The zero-order valence-corrected chi connectivity index (χ0v) is 14.3. The Labute approximate surface area is 130 Å². The molecular weight excluding hydrogens is 304 g/mol. The van der Waals surface area contributed by atoms with Crippen LogP contribution in [0.25, 0.3) is 0 Å². The monoisotopic (exact) mass is 324 g/mol. The summed E-state index contributed by atoms with van der Waals surface area (Å²) in [6.07, 6.45) is 0. The molecule has 2 N–H and O–H groups in total. The average molecular weight is 324 g/mol. The molecule has 1 aromatic carbocycles.